The Bertz CT molecular complexity index is 485. The van der Waals surface area contributed by atoms with E-state index < -0.39 is 0 Å². The van der Waals surface area contributed by atoms with Crippen LogP contribution in [0.3, 0.4) is 0 Å². The fourth-order valence-corrected chi connectivity index (χ4v) is 3.20. The number of amides is 1. The minimum absolute atomic E-state index is 0.0452. The van der Waals surface area contributed by atoms with Crippen molar-refractivity contribution in [1.82, 2.24) is 10.2 Å². The SMILES string of the molecule is COc1ccc(CN2CC3(CCC(=O)N3)C2C)cc1. The van der Waals surface area contributed by atoms with Gasteiger partial charge in [-0.3, -0.25) is 9.69 Å². The van der Waals surface area contributed by atoms with Crippen molar-refractivity contribution in [2.24, 2.45) is 0 Å². The molecule has 2 fully saturated rings. The van der Waals surface area contributed by atoms with E-state index >= 15 is 0 Å². The van der Waals surface area contributed by atoms with Crippen molar-refractivity contribution >= 4 is 5.91 Å². The van der Waals surface area contributed by atoms with Crippen LogP contribution in [-0.2, 0) is 11.3 Å². The zero-order chi connectivity index (χ0) is 13.5. The van der Waals surface area contributed by atoms with Gasteiger partial charge in [-0.15, -0.1) is 0 Å². The summed E-state index contributed by atoms with van der Waals surface area (Å²) in [7, 11) is 1.68. The molecule has 0 saturated carbocycles. The van der Waals surface area contributed by atoms with Gasteiger partial charge in [0.2, 0.25) is 5.91 Å². The van der Waals surface area contributed by atoms with E-state index in [-0.39, 0.29) is 11.4 Å². The summed E-state index contributed by atoms with van der Waals surface area (Å²) in [6.07, 6.45) is 1.66. The van der Waals surface area contributed by atoms with E-state index in [0.29, 0.717) is 12.5 Å². The predicted octanol–water partition coefficient (Wildman–Crippen LogP) is 1.55. The molecule has 102 valence electrons. The molecule has 1 amide bonds. The third-order valence-electron chi connectivity index (χ3n) is 4.56. The number of carbonyl (C=O) groups is 1. The normalized spacial score (nSPS) is 30.2. The van der Waals surface area contributed by atoms with E-state index in [1.165, 1.54) is 5.56 Å². The largest absolute Gasteiger partial charge is 0.497 e. The number of hydrogen-bond donors (Lipinski definition) is 1. The number of nitrogens with zero attached hydrogens (tertiary/aromatic N) is 1. The van der Waals surface area contributed by atoms with Gasteiger partial charge in [0.1, 0.15) is 5.75 Å². The van der Waals surface area contributed by atoms with E-state index in [4.69, 9.17) is 4.74 Å². The monoisotopic (exact) mass is 260 g/mol. The first-order valence-electron chi connectivity index (χ1n) is 6.81. The highest BCUT2D eigenvalue weighted by Gasteiger charge is 2.53. The quantitative estimate of drug-likeness (QED) is 0.896. The van der Waals surface area contributed by atoms with Crippen molar-refractivity contribution in [2.45, 2.75) is 37.9 Å². The van der Waals surface area contributed by atoms with Crippen LogP contribution >= 0.6 is 0 Å². The number of ether oxygens (including phenoxy) is 1. The van der Waals surface area contributed by atoms with Gasteiger partial charge >= 0.3 is 0 Å². The van der Waals surface area contributed by atoms with Gasteiger partial charge in [-0.1, -0.05) is 12.1 Å². The zero-order valence-corrected chi connectivity index (χ0v) is 11.5. The van der Waals surface area contributed by atoms with Crippen LogP contribution in [0.25, 0.3) is 0 Å². The summed E-state index contributed by atoms with van der Waals surface area (Å²) in [5, 5.41) is 3.15. The first-order valence-corrected chi connectivity index (χ1v) is 6.81. The Hall–Kier alpha value is -1.55. The van der Waals surface area contributed by atoms with Crippen LogP contribution in [0.4, 0.5) is 0 Å². The average molecular weight is 260 g/mol. The van der Waals surface area contributed by atoms with E-state index in [1.807, 2.05) is 12.1 Å². The number of hydrogen-bond acceptors (Lipinski definition) is 3. The van der Waals surface area contributed by atoms with Gasteiger partial charge in [-0.2, -0.15) is 0 Å². The van der Waals surface area contributed by atoms with Crippen molar-refractivity contribution in [3.05, 3.63) is 29.8 Å². The molecule has 0 radical (unpaired) electrons. The predicted molar refractivity (Wildman–Crippen MR) is 73.0 cm³/mol. The van der Waals surface area contributed by atoms with Gasteiger partial charge < -0.3 is 10.1 Å². The Labute approximate surface area is 113 Å². The maximum atomic E-state index is 11.4. The molecule has 4 nitrogen and oxygen atoms in total. The highest BCUT2D eigenvalue weighted by molar-refractivity contribution is 5.80. The van der Waals surface area contributed by atoms with E-state index in [2.05, 4.69) is 29.3 Å². The second-order valence-electron chi connectivity index (χ2n) is 5.63. The van der Waals surface area contributed by atoms with E-state index in [9.17, 15) is 4.79 Å². The van der Waals surface area contributed by atoms with Crippen LogP contribution < -0.4 is 10.1 Å². The van der Waals surface area contributed by atoms with Crippen LogP contribution in [-0.4, -0.2) is 36.0 Å². The van der Waals surface area contributed by atoms with Gasteiger partial charge in [0.25, 0.3) is 0 Å². The standard InChI is InChI=1S/C15H20N2O2/c1-11-15(8-7-14(18)16-15)10-17(11)9-12-3-5-13(19-2)6-4-12/h3-6,11H,7-10H2,1-2H3,(H,16,18). The van der Waals surface area contributed by atoms with Crippen LogP contribution in [0.1, 0.15) is 25.3 Å². The number of methoxy groups -OCH3 is 1. The minimum atomic E-state index is 0.0452. The fraction of sp³-hybridized carbons (Fsp3) is 0.533. The van der Waals surface area contributed by atoms with Gasteiger partial charge in [0.05, 0.1) is 12.6 Å². The van der Waals surface area contributed by atoms with E-state index in [1.54, 1.807) is 7.11 Å². The molecular formula is C15H20N2O2. The number of carbonyl (C=O) groups excluding carboxylic acids is 1. The first kappa shape index (κ1) is 12.5. The molecule has 4 heteroatoms. The lowest BCUT2D eigenvalue weighted by Gasteiger charge is -2.54. The summed E-state index contributed by atoms with van der Waals surface area (Å²) >= 11 is 0. The maximum absolute atomic E-state index is 11.4. The summed E-state index contributed by atoms with van der Waals surface area (Å²) < 4.78 is 5.16. The zero-order valence-electron chi connectivity index (χ0n) is 11.5. The van der Waals surface area contributed by atoms with Gasteiger partial charge in [-0.25, -0.2) is 0 Å². The first-order chi connectivity index (χ1) is 9.13. The molecule has 0 aromatic heterocycles. The van der Waals surface area contributed by atoms with Crippen LogP contribution in [0.5, 0.6) is 5.75 Å². The molecule has 2 heterocycles. The van der Waals surface area contributed by atoms with Crippen LogP contribution in [0.2, 0.25) is 0 Å². The van der Waals surface area contributed by atoms with Crippen molar-refractivity contribution < 1.29 is 9.53 Å². The van der Waals surface area contributed by atoms with Crippen LogP contribution in [0, 0.1) is 0 Å². The van der Waals surface area contributed by atoms with Crippen molar-refractivity contribution in [1.29, 1.82) is 0 Å². The second kappa shape index (κ2) is 4.53. The molecule has 2 atom stereocenters. The Balaban J connectivity index is 1.61. The Morgan fingerprint density at radius 1 is 1.42 bits per heavy atom. The molecule has 1 aromatic rings. The van der Waals surface area contributed by atoms with Crippen LogP contribution in [0.15, 0.2) is 24.3 Å². The molecule has 3 rings (SSSR count). The molecule has 0 bridgehead atoms. The molecule has 1 spiro atoms. The molecule has 2 aliphatic heterocycles. The molecule has 2 unspecified atom stereocenters. The molecule has 0 aliphatic carbocycles. The molecule has 1 aromatic carbocycles. The third-order valence-corrected chi connectivity index (χ3v) is 4.56. The van der Waals surface area contributed by atoms with Gasteiger partial charge in [0, 0.05) is 25.6 Å². The number of likely N-dealkylation sites (tertiary alicyclic amines) is 1. The lowest BCUT2D eigenvalue weighted by molar-refractivity contribution is -0.122. The summed E-state index contributed by atoms with van der Waals surface area (Å²) in [6.45, 7) is 4.10. The molecule has 2 aliphatic rings. The fourth-order valence-electron chi connectivity index (χ4n) is 3.20. The third kappa shape index (κ3) is 2.10. The van der Waals surface area contributed by atoms with Gasteiger partial charge in [-0.05, 0) is 31.0 Å². The lowest BCUT2D eigenvalue weighted by atomic mass is 9.79. The number of nitrogens with one attached hydrogen (secondary N) is 1. The van der Waals surface area contributed by atoms with Crippen molar-refractivity contribution in [2.75, 3.05) is 13.7 Å². The molecule has 1 N–H and O–H groups in total. The van der Waals surface area contributed by atoms with Gasteiger partial charge in [0.15, 0.2) is 0 Å². The Morgan fingerprint density at radius 2 is 2.16 bits per heavy atom. The summed E-state index contributed by atoms with van der Waals surface area (Å²) in [5.74, 6) is 1.09. The van der Waals surface area contributed by atoms with Crippen molar-refractivity contribution in [3.8, 4) is 5.75 Å². The molecule has 19 heavy (non-hydrogen) atoms. The summed E-state index contributed by atoms with van der Waals surface area (Å²) in [4.78, 5) is 13.8. The van der Waals surface area contributed by atoms with Crippen molar-refractivity contribution in [3.63, 3.8) is 0 Å². The average Bonchev–Trinajstić information content (AvgIpc) is 2.83. The highest BCUT2D eigenvalue weighted by Crippen LogP contribution is 2.37. The smallest absolute Gasteiger partial charge is 0.220 e. The second-order valence-corrected chi connectivity index (χ2v) is 5.63. The van der Waals surface area contributed by atoms with E-state index in [0.717, 1.165) is 25.3 Å². The molecule has 2 saturated heterocycles. The maximum Gasteiger partial charge on any atom is 0.220 e. The summed E-state index contributed by atoms with van der Waals surface area (Å²) in [5.41, 5.74) is 1.33. The Kier molecular flexibility index (Phi) is 2.97. The molecular weight excluding hydrogens is 240 g/mol. The topological polar surface area (TPSA) is 41.6 Å². The minimum Gasteiger partial charge on any atom is -0.497 e. The lowest BCUT2D eigenvalue weighted by Crippen LogP contribution is -2.72. The Morgan fingerprint density at radius 3 is 2.68 bits per heavy atom. The summed E-state index contributed by atoms with van der Waals surface area (Å²) in [6, 6.07) is 8.61. The highest BCUT2D eigenvalue weighted by atomic mass is 16.5. The number of benzene rings is 1. The number of rotatable bonds is 3.